The molecule has 0 aromatic heterocycles. The third-order valence-electron chi connectivity index (χ3n) is 5.89. The summed E-state index contributed by atoms with van der Waals surface area (Å²) in [5.74, 6) is 1.85. The number of rotatable bonds is 13. The van der Waals surface area contributed by atoms with E-state index in [1.165, 1.54) is 0 Å². The monoisotopic (exact) mass is 486 g/mol. The number of aliphatic hydroxyl groups is 2. The van der Waals surface area contributed by atoms with Gasteiger partial charge in [-0.25, -0.2) is 0 Å². The minimum atomic E-state index is -1.00. The molecule has 3 N–H and O–H groups in total. The number of aryl methyl sites for hydroxylation is 1. The quantitative estimate of drug-likeness (QED) is 0.372. The van der Waals surface area contributed by atoms with Crippen molar-refractivity contribution in [1.82, 2.24) is 4.90 Å². The highest BCUT2D eigenvalue weighted by Gasteiger charge is 2.18. The van der Waals surface area contributed by atoms with E-state index in [0.717, 1.165) is 16.8 Å². The highest BCUT2D eigenvalue weighted by molar-refractivity contribution is 5.94. The summed E-state index contributed by atoms with van der Waals surface area (Å²) in [5, 5.41) is 22.0. The fourth-order valence-corrected chi connectivity index (χ4v) is 3.95. The van der Waals surface area contributed by atoms with Gasteiger partial charge in [0.05, 0.1) is 33.5 Å². The molecule has 1 atom stereocenters. The summed E-state index contributed by atoms with van der Waals surface area (Å²) in [6.45, 7) is 0.397. The topological polar surface area (TPSA) is 118 Å². The van der Waals surface area contributed by atoms with E-state index < -0.39 is 12.7 Å². The third-order valence-corrected chi connectivity index (χ3v) is 5.89. The first kappa shape index (κ1) is 26.3. The van der Waals surface area contributed by atoms with E-state index >= 15 is 0 Å². The van der Waals surface area contributed by atoms with Crippen LogP contribution in [0.4, 0.5) is 5.69 Å². The van der Waals surface area contributed by atoms with Gasteiger partial charge in [0.15, 0.2) is 11.5 Å². The van der Waals surface area contributed by atoms with Gasteiger partial charge >= 0.3 is 0 Å². The Morgan fingerprint density at radius 1 is 1.11 bits per heavy atom. The average Bonchev–Trinajstić information content (AvgIpc) is 2.88. The van der Waals surface area contributed by atoms with E-state index in [-0.39, 0.29) is 24.8 Å². The smallest absolute Gasteiger partial charge is 0.224 e. The number of carbonyl (C=O) groups excluding carboxylic acids is 2. The Labute approximate surface area is 205 Å². The molecule has 0 aliphatic carbocycles. The lowest BCUT2D eigenvalue weighted by molar-refractivity contribution is -0.133. The molecule has 9 heteroatoms. The number of fused-ring (bicyclic) bond motifs is 1. The highest BCUT2D eigenvalue weighted by atomic mass is 16.5. The van der Waals surface area contributed by atoms with Gasteiger partial charge in [0.25, 0.3) is 0 Å². The van der Waals surface area contributed by atoms with Gasteiger partial charge in [0, 0.05) is 31.6 Å². The van der Waals surface area contributed by atoms with Crippen LogP contribution in [0.2, 0.25) is 0 Å². The molecule has 9 nitrogen and oxygen atoms in total. The molecule has 1 heterocycles. The van der Waals surface area contributed by atoms with Crippen molar-refractivity contribution in [3.05, 3.63) is 47.5 Å². The van der Waals surface area contributed by atoms with E-state index in [4.69, 9.17) is 14.2 Å². The molecule has 190 valence electrons. The summed E-state index contributed by atoms with van der Waals surface area (Å²) in [7, 11) is 3.14. The number of carbonyl (C=O) groups is 2. The van der Waals surface area contributed by atoms with E-state index in [1.54, 1.807) is 25.2 Å². The first-order chi connectivity index (χ1) is 16.9. The van der Waals surface area contributed by atoms with Crippen LogP contribution in [0.5, 0.6) is 17.2 Å². The second-order valence-corrected chi connectivity index (χ2v) is 8.43. The molecule has 0 spiro atoms. The van der Waals surface area contributed by atoms with Crippen LogP contribution in [0.1, 0.15) is 30.4 Å². The highest BCUT2D eigenvalue weighted by Crippen LogP contribution is 2.28. The van der Waals surface area contributed by atoms with Crippen LogP contribution < -0.4 is 19.5 Å². The summed E-state index contributed by atoms with van der Waals surface area (Å²) in [5.41, 5.74) is 2.82. The number of benzene rings is 2. The lowest BCUT2D eigenvalue weighted by Crippen LogP contribution is -2.40. The number of nitrogens with one attached hydrogen (secondary N) is 1. The van der Waals surface area contributed by atoms with Crippen molar-refractivity contribution in [3.63, 3.8) is 0 Å². The Morgan fingerprint density at radius 3 is 2.66 bits per heavy atom. The Bertz CT molecular complexity index is 1010. The zero-order chi connectivity index (χ0) is 25.2. The largest absolute Gasteiger partial charge is 0.494 e. The van der Waals surface area contributed by atoms with Crippen LogP contribution in [0.25, 0.3) is 0 Å². The Kier molecular flexibility index (Phi) is 9.75. The summed E-state index contributed by atoms with van der Waals surface area (Å²) in [6, 6.07) is 11.1. The number of amides is 2. The van der Waals surface area contributed by atoms with Gasteiger partial charge < -0.3 is 34.6 Å². The third kappa shape index (κ3) is 7.60. The second kappa shape index (κ2) is 13.0. The number of aliphatic hydroxyl groups excluding tert-OH is 2. The van der Waals surface area contributed by atoms with E-state index in [1.807, 2.05) is 30.3 Å². The molecule has 0 fully saturated rings. The summed E-state index contributed by atoms with van der Waals surface area (Å²) < 4.78 is 16.4. The fourth-order valence-electron chi connectivity index (χ4n) is 3.95. The number of hydrogen-bond donors (Lipinski definition) is 3. The molecule has 1 aliphatic rings. The van der Waals surface area contributed by atoms with Gasteiger partial charge in [-0.2, -0.15) is 0 Å². The van der Waals surface area contributed by atoms with Crippen LogP contribution >= 0.6 is 0 Å². The average molecular weight is 487 g/mol. The predicted octanol–water partition coefficient (Wildman–Crippen LogP) is 2.17. The number of ether oxygens (including phenoxy) is 3. The lowest BCUT2D eigenvalue weighted by atomic mass is 10.0. The fraction of sp³-hybridized carbons (Fsp3) is 0.462. The summed E-state index contributed by atoms with van der Waals surface area (Å²) in [6.07, 6.45) is 1.46. The first-order valence-electron chi connectivity index (χ1n) is 11.8. The lowest BCUT2D eigenvalue weighted by Gasteiger charge is -2.25. The molecule has 2 aromatic rings. The molecule has 0 saturated heterocycles. The summed E-state index contributed by atoms with van der Waals surface area (Å²) in [4.78, 5) is 25.9. The summed E-state index contributed by atoms with van der Waals surface area (Å²) >= 11 is 0. The molecule has 0 radical (unpaired) electrons. The van der Waals surface area contributed by atoms with Crippen LogP contribution in [0.15, 0.2) is 36.4 Å². The van der Waals surface area contributed by atoms with Crippen molar-refractivity contribution >= 4 is 17.5 Å². The van der Waals surface area contributed by atoms with Gasteiger partial charge in [-0.15, -0.1) is 0 Å². The Hall–Kier alpha value is -3.30. The number of methoxy groups -OCH3 is 2. The van der Waals surface area contributed by atoms with Gasteiger partial charge in [0.1, 0.15) is 5.75 Å². The van der Waals surface area contributed by atoms with E-state index in [2.05, 4.69) is 5.32 Å². The predicted molar refractivity (Wildman–Crippen MR) is 131 cm³/mol. The Balaban J connectivity index is 1.51. The number of anilines is 1. The van der Waals surface area contributed by atoms with Gasteiger partial charge in [-0.05, 0) is 60.7 Å². The Morgan fingerprint density at radius 2 is 1.91 bits per heavy atom. The molecular weight excluding hydrogens is 452 g/mol. The molecular formula is C26H34N2O7. The van der Waals surface area contributed by atoms with Gasteiger partial charge in [-0.3, -0.25) is 9.59 Å². The maximum atomic E-state index is 12.9. The minimum Gasteiger partial charge on any atom is -0.494 e. The number of hydrogen-bond acceptors (Lipinski definition) is 7. The standard InChI is InChI=1S/C26H34N2O7/c1-33-23-9-5-18(14-24(23)34-2)11-12-28(16-20(30)17-29)26(32)4-3-13-35-21-7-8-22-19(15-21)6-10-25(31)27-22/h5,7-9,14-15,20,29-30H,3-4,6,10-13,16-17H2,1-2H3,(H,27,31). The van der Waals surface area contributed by atoms with Crippen LogP contribution in [-0.4, -0.2) is 73.6 Å². The van der Waals surface area contributed by atoms with Crippen molar-refractivity contribution in [1.29, 1.82) is 0 Å². The molecule has 2 amide bonds. The first-order valence-corrected chi connectivity index (χ1v) is 11.8. The van der Waals surface area contributed by atoms with Crippen molar-refractivity contribution in [2.75, 3.05) is 45.8 Å². The van der Waals surface area contributed by atoms with Crippen LogP contribution in [-0.2, 0) is 22.4 Å². The second-order valence-electron chi connectivity index (χ2n) is 8.43. The van der Waals surface area contributed by atoms with Crippen molar-refractivity contribution in [2.24, 2.45) is 0 Å². The zero-order valence-electron chi connectivity index (χ0n) is 20.3. The molecule has 35 heavy (non-hydrogen) atoms. The molecule has 1 unspecified atom stereocenters. The molecule has 0 saturated carbocycles. The molecule has 3 rings (SSSR count). The van der Waals surface area contributed by atoms with Crippen molar-refractivity contribution < 1.29 is 34.0 Å². The van der Waals surface area contributed by atoms with Crippen molar-refractivity contribution in [2.45, 2.75) is 38.2 Å². The normalized spacial score (nSPS) is 13.4. The molecule has 0 bridgehead atoms. The van der Waals surface area contributed by atoms with Gasteiger partial charge in [-0.1, -0.05) is 6.07 Å². The zero-order valence-corrected chi connectivity index (χ0v) is 20.3. The SMILES string of the molecule is COc1ccc(CCN(CC(O)CO)C(=O)CCCOc2ccc3c(c2)CCC(=O)N3)cc1OC. The minimum absolute atomic E-state index is 0.0201. The molecule has 1 aliphatic heterocycles. The van der Waals surface area contributed by atoms with Crippen LogP contribution in [0.3, 0.4) is 0 Å². The molecule has 2 aromatic carbocycles. The van der Waals surface area contributed by atoms with Crippen molar-refractivity contribution in [3.8, 4) is 17.2 Å². The maximum absolute atomic E-state index is 12.9. The van der Waals surface area contributed by atoms with E-state index in [9.17, 15) is 19.8 Å². The number of nitrogens with zero attached hydrogens (tertiary/aromatic N) is 1. The maximum Gasteiger partial charge on any atom is 0.224 e. The van der Waals surface area contributed by atoms with Crippen LogP contribution in [0, 0.1) is 0 Å². The van der Waals surface area contributed by atoms with Gasteiger partial charge in [0.2, 0.25) is 11.8 Å². The van der Waals surface area contributed by atoms with E-state index in [0.29, 0.717) is 56.1 Å².